The number of benzene rings is 1. The molecule has 0 spiro atoms. The van der Waals surface area contributed by atoms with Crippen LogP contribution in [-0.2, 0) is 12.8 Å². The Morgan fingerprint density at radius 1 is 0.568 bits per heavy atom. The lowest BCUT2D eigenvalue weighted by Crippen LogP contribution is -2.08. The van der Waals surface area contributed by atoms with Gasteiger partial charge in [-0.25, -0.2) is 4.98 Å². The maximum Gasteiger partial charge on any atom is 0.213 e. The molecule has 0 amide bonds. The van der Waals surface area contributed by atoms with Gasteiger partial charge < -0.3 is 9.47 Å². The SMILES string of the molecule is CCCCCCCCCCCCOc1ccc2c(c1)CCc1nc(OCCCCCCCCC)ccc1-2. The molecule has 1 aromatic heterocycles. The van der Waals surface area contributed by atoms with Crippen LogP contribution in [-0.4, -0.2) is 18.2 Å². The van der Waals surface area contributed by atoms with Gasteiger partial charge in [0, 0.05) is 11.6 Å². The van der Waals surface area contributed by atoms with Crippen molar-refractivity contribution in [3.8, 4) is 22.8 Å². The van der Waals surface area contributed by atoms with E-state index in [1.165, 1.54) is 119 Å². The number of nitrogens with zero attached hydrogens (tertiary/aromatic N) is 1. The van der Waals surface area contributed by atoms with Gasteiger partial charge in [-0.05, 0) is 55.0 Å². The van der Waals surface area contributed by atoms with Gasteiger partial charge in [-0.3, -0.25) is 0 Å². The quantitative estimate of drug-likeness (QED) is 0.157. The molecule has 1 aliphatic rings. The van der Waals surface area contributed by atoms with E-state index >= 15 is 0 Å². The topological polar surface area (TPSA) is 31.4 Å². The molecule has 0 N–H and O–H groups in total. The number of rotatable bonds is 21. The molecule has 3 rings (SSSR count). The summed E-state index contributed by atoms with van der Waals surface area (Å²) in [5, 5.41) is 0. The van der Waals surface area contributed by atoms with Gasteiger partial charge in [-0.1, -0.05) is 116 Å². The van der Waals surface area contributed by atoms with E-state index in [9.17, 15) is 0 Å². The van der Waals surface area contributed by atoms with E-state index in [2.05, 4.69) is 38.1 Å². The molecular weight excluding hydrogens is 454 g/mol. The summed E-state index contributed by atoms with van der Waals surface area (Å²) in [4.78, 5) is 4.85. The van der Waals surface area contributed by atoms with Crippen molar-refractivity contribution in [3.05, 3.63) is 41.6 Å². The molecule has 0 unspecified atom stereocenters. The highest BCUT2D eigenvalue weighted by Gasteiger charge is 2.18. The lowest BCUT2D eigenvalue weighted by atomic mass is 9.88. The second-order valence-corrected chi connectivity index (χ2v) is 11.0. The van der Waals surface area contributed by atoms with Crippen LogP contribution in [0.15, 0.2) is 30.3 Å². The molecule has 3 heteroatoms. The van der Waals surface area contributed by atoms with Gasteiger partial charge in [0.1, 0.15) is 5.75 Å². The highest BCUT2D eigenvalue weighted by molar-refractivity contribution is 5.73. The highest BCUT2D eigenvalue weighted by atomic mass is 16.5. The molecule has 1 heterocycles. The molecule has 0 fully saturated rings. The van der Waals surface area contributed by atoms with Crippen LogP contribution in [0.2, 0.25) is 0 Å². The zero-order valence-electron chi connectivity index (χ0n) is 24.0. The molecule has 206 valence electrons. The summed E-state index contributed by atoms with van der Waals surface area (Å²) in [5.74, 6) is 1.80. The summed E-state index contributed by atoms with van der Waals surface area (Å²) in [6.07, 6.45) is 24.7. The third kappa shape index (κ3) is 11.1. The second-order valence-electron chi connectivity index (χ2n) is 11.0. The number of aryl methyl sites for hydroxylation is 2. The number of fused-ring (bicyclic) bond motifs is 3. The monoisotopic (exact) mass is 507 g/mol. The predicted octanol–water partition coefficient (Wildman–Crippen LogP) is 10.3. The fraction of sp³-hybridized carbons (Fsp3) is 0.676. The van der Waals surface area contributed by atoms with Crippen LogP contribution >= 0.6 is 0 Å². The zero-order valence-corrected chi connectivity index (χ0v) is 24.0. The summed E-state index contributed by atoms with van der Waals surface area (Å²) < 4.78 is 12.1. The average Bonchev–Trinajstić information content (AvgIpc) is 2.92. The van der Waals surface area contributed by atoms with Crippen LogP contribution in [0.4, 0.5) is 0 Å². The first-order chi connectivity index (χ1) is 18.3. The van der Waals surface area contributed by atoms with Gasteiger partial charge in [0.15, 0.2) is 0 Å². The van der Waals surface area contributed by atoms with Crippen LogP contribution in [0.3, 0.4) is 0 Å². The van der Waals surface area contributed by atoms with E-state index in [1.54, 1.807) is 0 Å². The Bertz CT molecular complexity index is 878. The minimum atomic E-state index is 0.774. The Morgan fingerprint density at radius 2 is 1.11 bits per heavy atom. The van der Waals surface area contributed by atoms with Crippen molar-refractivity contribution in [2.45, 2.75) is 136 Å². The zero-order chi connectivity index (χ0) is 26.0. The first-order valence-electron chi connectivity index (χ1n) is 15.7. The number of hydrogen-bond acceptors (Lipinski definition) is 3. The van der Waals surface area contributed by atoms with Gasteiger partial charge in [0.2, 0.25) is 5.88 Å². The molecule has 0 aliphatic heterocycles. The molecule has 0 saturated carbocycles. The van der Waals surface area contributed by atoms with Crippen LogP contribution in [0, 0.1) is 0 Å². The summed E-state index contributed by atoms with van der Waals surface area (Å²) in [6, 6.07) is 10.9. The van der Waals surface area contributed by atoms with E-state index in [1.807, 2.05) is 6.07 Å². The summed E-state index contributed by atoms with van der Waals surface area (Å²) >= 11 is 0. The van der Waals surface area contributed by atoms with Crippen molar-refractivity contribution in [3.63, 3.8) is 0 Å². The van der Waals surface area contributed by atoms with Gasteiger partial charge in [-0.2, -0.15) is 0 Å². The highest BCUT2D eigenvalue weighted by Crippen LogP contribution is 2.35. The molecule has 2 aromatic rings. The molecule has 37 heavy (non-hydrogen) atoms. The third-order valence-electron chi connectivity index (χ3n) is 7.71. The van der Waals surface area contributed by atoms with E-state index in [4.69, 9.17) is 14.5 Å². The lowest BCUT2D eigenvalue weighted by Gasteiger charge is -2.20. The van der Waals surface area contributed by atoms with Crippen LogP contribution < -0.4 is 9.47 Å². The first kappa shape index (κ1) is 29.5. The third-order valence-corrected chi connectivity index (χ3v) is 7.71. The Balaban J connectivity index is 1.33. The normalized spacial score (nSPS) is 12.3. The Morgan fingerprint density at radius 3 is 1.73 bits per heavy atom. The fourth-order valence-electron chi connectivity index (χ4n) is 5.40. The minimum Gasteiger partial charge on any atom is -0.494 e. The van der Waals surface area contributed by atoms with Crippen LogP contribution in [0.1, 0.15) is 134 Å². The smallest absolute Gasteiger partial charge is 0.213 e. The molecule has 1 aliphatic carbocycles. The maximum absolute atomic E-state index is 6.11. The average molecular weight is 508 g/mol. The largest absolute Gasteiger partial charge is 0.494 e. The van der Waals surface area contributed by atoms with E-state index in [0.29, 0.717) is 0 Å². The molecule has 1 aromatic carbocycles. The first-order valence-corrected chi connectivity index (χ1v) is 15.7. The second kappa shape index (κ2) is 18.3. The van der Waals surface area contributed by atoms with Gasteiger partial charge in [0.25, 0.3) is 0 Å². The number of aromatic nitrogens is 1. The predicted molar refractivity (Wildman–Crippen MR) is 158 cm³/mol. The van der Waals surface area contributed by atoms with Crippen molar-refractivity contribution in [1.82, 2.24) is 4.98 Å². The van der Waals surface area contributed by atoms with Gasteiger partial charge in [0.05, 0.1) is 18.9 Å². The number of hydrogen-bond donors (Lipinski definition) is 0. The summed E-state index contributed by atoms with van der Waals surface area (Å²) in [5.41, 5.74) is 5.11. The lowest BCUT2D eigenvalue weighted by molar-refractivity contribution is 0.292. The number of pyridine rings is 1. The van der Waals surface area contributed by atoms with E-state index < -0.39 is 0 Å². The minimum absolute atomic E-state index is 0.774. The van der Waals surface area contributed by atoms with Gasteiger partial charge >= 0.3 is 0 Å². The van der Waals surface area contributed by atoms with Gasteiger partial charge in [-0.15, -0.1) is 0 Å². The Kier molecular flexibility index (Phi) is 14.6. The molecule has 0 atom stereocenters. The molecule has 0 bridgehead atoms. The van der Waals surface area contributed by atoms with E-state index in [0.717, 1.165) is 50.5 Å². The van der Waals surface area contributed by atoms with Crippen molar-refractivity contribution < 1.29 is 9.47 Å². The number of ether oxygens (including phenoxy) is 2. The summed E-state index contributed by atoms with van der Waals surface area (Å²) in [6.45, 7) is 6.15. The van der Waals surface area contributed by atoms with Crippen LogP contribution in [0.25, 0.3) is 11.1 Å². The van der Waals surface area contributed by atoms with Crippen LogP contribution in [0.5, 0.6) is 11.6 Å². The summed E-state index contributed by atoms with van der Waals surface area (Å²) in [7, 11) is 0. The van der Waals surface area contributed by atoms with Crippen molar-refractivity contribution in [2.75, 3.05) is 13.2 Å². The van der Waals surface area contributed by atoms with Crippen molar-refractivity contribution >= 4 is 0 Å². The molecule has 0 saturated heterocycles. The van der Waals surface area contributed by atoms with E-state index in [-0.39, 0.29) is 0 Å². The maximum atomic E-state index is 6.11. The molecular formula is C34H53NO2. The van der Waals surface area contributed by atoms with Crippen molar-refractivity contribution in [1.29, 1.82) is 0 Å². The Hall–Kier alpha value is -2.03. The van der Waals surface area contributed by atoms with Crippen molar-refractivity contribution in [2.24, 2.45) is 0 Å². The standard InChI is InChI=1S/C34H53NO2/c1-3-5-7-9-11-12-13-15-16-18-26-36-30-21-22-31-29(28-30)20-24-33-32(31)23-25-34(35-33)37-27-19-17-14-10-8-6-4-2/h21-23,25,28H,3-20,24,26-27H2,1-2H3. The fourth-order valence-corrected chi connectivity index (χ4v) is 5.40. The number of unbranched alkanes of at least 4 members (excludes halogenated alkanes) is 15. The molecule has 0 radical (unpaired) electrons. The Labute approximate surface area is 227 Å². The molecule has 3 nitrogen and oxygen atoms in total.